The number of hydrogen-bond acceptors (Lipinski definition) is 5. The Hall–Kier alpha value is -1.76. The third-order valence-electron chi connectivity index (χ3n) is 3.78. The molecule has 1 aromatic heterocycles. The van der Waals surface area contributed by atoms with Crippen LogP contribution in [0.25, 0.3) is 11.3 Å². The molecule has 1 saturated heterocycles. The minimum absolute atomic E-state index is 0.0125. The maximum absolute atomic E-state index is 12.1. The number of benzene rings is 1. The van der Waals surface area contributed by atoms with Gasteiger partial charge in [-0.1, -0.05) is 30.3 Å². The van der Waals surface area contributed by atoms with Gasteiger partial charge < -0.3 is 10.2 Å². The Balaban J connectivity index is 1.55. The largest absolute Gasteiger partial charge is 0.304 e. The summed E-state index contributed by atoms with van der Waals surface area (Å²) in [6, 6.07) is 9.99. The molecule has 1 aliphatic rings. The molecule has 1 fully saturated rings. The van der Waals surface area contributed by atoms with Gasteiger partial charge in [-0.25, -0.2) is 4.98 Å². The second kappa shape index (κ2) is 7.00. The first kappa shape index (κ1) is 15.1. The number of carbonyl (C=O) groups excluding carboxylic acids is 1. The highest BCUT2D eigenvalue weighted by molar-refractivity contribution is 7.14. The summed E-state index contributed by atoms with van der Waals surface area (Å²) in [6.07, 6.45) is 0. The molecule has 1 N–H and O–H groups in total. The lowest BCUT2D eigenvalue weighted by Crippen LogP contribution is -2.47. The van der Waals surface area contributed by atoms with Crippen LogP contribution in [0.1, 0.15) is 0 Å². The van der Waals surface area contributed by atoms with Crippen LogP contribution in [0, 0.1) is 0 Å². The molecule has 1 aromatic carbocycles. The predicted molar refractivity (Wildman–Crippen MR) is 90.1 cm³/mol. The summed E-state index contributed by atoms with van der Waals surface area (Å²) in [5, 5.41) is 5.54. The van der Waals surface area contributed by atoms with Gasteiger partial charge in [0, 0.05) is 37.1 Å². The number of nitrogens with one attached hydrogen (secondary N) is 1. The van der Waals surface area contributed by atoms with E-state index in [0.29, 0.717) is 11.7 Å². The van der Waals surface area contributed by atoms with Crippen LogP contribution in [0.3, 0.4) is 0 Å². The van der Waals surface area contributed by atoms with Crippen molar-refractivity contribution in [3.8, 4) is 11.3 Å². The van der Waals surface area contributed by atoms with Crippen molar-refractivity contribution in [1.29, 1.82) is 0 Å². The Bertz CT molecular complexity index is 620. The monoisotopic (exact) mass is 316 g/mol. The molecule has 0 saturated carbocycles. The van der Waals surface area contributed by atoms with E-state index in [0.717, 1.165) is 37.4 Å². The Morgan fingerprint density at radius 2 is 1.95 bits per heavy atom. The summed E-state index contributed by atoms with van der Waals surface area (Å²) < 4.78 is 0. The third kappa shape index (κ3) is 3.91. The fourth-order valence-corrected chi connectivity index (χ4v) is 3.18. The van der Waals surface area contributed by atoms with Crippen LogP contribution < -0.4 is 5.32 Å². The molecule has 2 heterocycles. The quantitative estimate of drug-likeness (QED) is 0.937. The average molecular weight is 316 g/mol. The Morgan fingerprint density at radius 3 is 2.68 bits per heavy atom. The third-order valence-corrected chi connectivity index (χ3v) is 4.54. The lowest BCUT2D eigenvalue weighted by atomic mass is 10.2. The number of carbonyl (C=O) groups is 1. The topological polar surface area (TPSA) is 48.5 Å². The van der Waals surface area contributed by atoms with Gasteiger partial charge in [0.25, 0.3) is 0 Å². The van der Waals surface area contributed by atoms with E-state index in [1.165, 1.54) is 11.3 Å². The standard InChI is InChI=1S/C16H20N4OS/c1-19-7-9-20(10-8-19)11-15(21)18-16-17-14(12-22-16)13-5-3-2-4-6-13/h2-6,12H,7-11H2,1H3,(H,17,18,21). The molecule has 0 unspecified atom stereocenters. The smallest absolute Gasteiger partial charge is 0.240 e. The van der Waals surface area contributed by atoms with Crippen LogP contribution in [0.5, 0.6) is 0 Å². The molecule has 6 heteroatoms. The summed E-state index contributed by atoms with van der Waals surface area (Å²) in [5.41, 5.74) is 1.97. The maximum Gasteiger partial charge on any atom is 0.240 e. The predicted octanol–water partition coefficient (Wildman–Crippen LogP) is 2.00. The number of aromatic nitrogens is 1. The SMILES string of the molecule is CN1CCN(CC(=O)Nc2nc(-c3ccccc3)cs2)CC1. The van der Waals surface area contributed by atoms with Crippen molar-refractivity contribution in [2.45, 2.75) is 0 Å². The van der Waals surface area contributed by atoms with Gasteiger partial charge in [0.1, 0.15) is 0 Å². The van der Waals surface area contributed by atoms with Crippen LogP contribution in [-0.4, -0.2) is 60.5 Å². The van der Waals surface area contributed by atoms with Crippen LogP contribution >= 0.6 is 11.3 Å². The van der Waals surface area contributed by atoms with Crippen molar-refractivity contribution < 1.29 is 4.79 Å². The number of hydrogen-bond donors (Lipinski definition) is 1. The van der Waals surface area contributed by atoms with Crippen LogP contribution in [0.15, 0.2) is 35.7 Å². The van der Waals surface area contributed by atoms with Crippen LogP contribution in [0.4, 0.5) is 5.13 Å². The number of thiazole rings is 1. The van der Waals surface area contributed by atoms with Gasteiger partial charge in [0.15, 0.2) is 5.13 Å². The van der Waals surface area contributed by atoms with Crippen molar-refractivity contribution in [1.82, 2.24) is 14.8 Å². The minimum atomic E-state index is 0.0125. The first-order chi connectivity index (χ1) is 10.7. The number of anilines is 1. The molecule has 22 heavy (non-hydrogen) atoms. The van der Waals surface area contributed by atoms with Crippen molar-refractivity contribution in [2.75, 3.05) is 45.1 Å². The summed E-state index contributed by atoms with van der Waals surface area (Å²) >= 11 is 1.47. The normalized spacial score (nSPS) is 16.6. The van der Waals surface area contributed by atoms with E-state index in [1.807, 2.05) is 35.7 Å². The molecule has 116 valence electrons. The summed E-state index contributed by atoms with van der Waals surface area (Å²) in [5.74, 6) is 0.0125. The van der Waals surface area contributed by atoms with Crippen LogP contribution in [0.2, 0.25) is 0 Å². The Morgan fingerprint density at radius 1 is 1.23 bits per heavy atom. The van der Waals surface area contributed by atoms with Crippen molar-refractivity contribution in [3.05, 3.63) is 35.7 Å². The van der Waals surface area contributed by atoms with E-state index in [4.69, 9.17) is 0 Å². The van der Waals surface area contributed by atoms with E-state index in [2.05, 4.69) is 27.1 Å². The fraction of sp³-hybridized carbons (Fsp3) is 0.375. The lowest BCUT2D eigenvalue weighted by molar-refractivity contribution is -0.117. The van der Waals surface area contributed by atoms with Gasteiger partial charge >= 0.3 is 0 Å². The van der Waals surface area contributed by atoms with E-state index < -0.39 is 0 Å². The van der Waals surface area contributed by atoms with E-state index in [-0.39, 0.29) is 5.91 Å². The van der Waals surface area contributed by atoms with E-state index >= 15 is 0 Å². The minimum Gasteiger partial charge on any atom is -0.304 e. The maximum atomic E-state index is 12.1. The number of nitrogens with zero attached hydrogens (tertiary/aromatic N) is 3. The molecule has 2 aromatic rings. The molecule has 5 nitrogen and oxygen atoms in total. The first-order valence-corrected chi connectivity index (χ1v) is 8.30. The van der Waals surface area contributed by atoms with Gasteiger partial charge in [-0.15, -0.1) is 11.3 Å². The zero-order valence-electron chi connectivity index (χ0n) is 12.7. The zero-order chi connectivity index (χ0) is 15.4. The molecule has 3 rings (SSSR count). The van der Waals surface area contributed by atoms with Crippen molar-refractivity contribution in [2.24, 2.45) is 0 Å². The van der Waals surface area contributed by atoms with Gasteiger partial charge in [-0.3, -0.25) is 9.69 Å². The summed E-state index contributed by atoms with van der Waals surface area (Å²) in [7, 11) is 2.11. The van der Waals surface area contributed by atoms with Gasteiger partial charge in [-0.05, 0) is 7.05 Å². The summed E-state index contributed by atoms with van der Waals surface area (Å²) in [4.78, 5) is 21.1. The van der Waals surface area contributed by atoms with Gasteiger partial charge in [0.05, 0.1) is 12.2 Å². The number of likely N-dealkylation sites (N-methyl/N-ethyl adjacent to an activating group) is 1. The Kier molecular flexibility index (Phi) is 4.82. The first-order valence-electron chi connectivity index (χ1n) is 7.42. The van der Waals surface area contributed by atoms with Crippen molar-refractivity contribution in [3.63, 3.8) is 0 Å². The molecule has 1 aliphatic heterocycles. The van der Waals surface area contributed by atoms with Gasteiger partial charge in [-0.2, -0.15) is 0 Å². The van der Waals surface area contributed by atoms with Crippen molar-refractivity contribution >= 4 is 22.4 Å². The molecular formula is C16H20N4OS. The molecular weight excluding hydrogens is 296 g/mol. The zero-order valence-corrected chi connectivity index (χ0v) is 13.5. The molecule has 0 bridgehead atoms. The highest BCUT2D eigenvalue weighted by atomic mass is 32.1. The van der Waals surface area contributed by atoms with Gasteiger partial charge in [0.2, 0.25) is 5.91 Å². The lowest BCUT2D eigenvalue weighted by Gasteiger charge is -2.31. The number of piperazine rings is 1. The highest BCUT2D eigenvalue weighted by Crippen LogP contribution is 2.24. The molecule has 0 atom stereocenters. The molecule has 0 spiro atoms. The molecule has 1 amide bonds. The molecule has 0 radical (unpaired) electrons. The number of amides is 1. The average Bonchev–Trinajstić information content (AvgIpc) is 2.99. The van der Waals surface area contributed by atoms with E-state index in [1.54, 1.807) is 0 Å². The molecule has 0 aliphatic carbocycles. The summed E-state index contributed by atoms with van der Waals surface area (Å²) in [6.45, 7) is 4.35. The highest BCUT2D eigenvalue weighted by Gasteiger charge is 2.17. The fourth-order valence-electron chi connectivity index (χ4n) is 2.44. The second-order valence-electron chi connectivity index (χ2n) is 5.53. The van der Waals surface area contributed by atoms with E-state index in [9.17, 15) is 4.79 Å². The Labute approximate surface area is 134 Å². The second-order valence-corrected chi connectivity index (χ2v) is 6.39. The number of rotatable bonds is 4. The van der Waals surface area contributed by atoms with Crippen LogP contribution in [-0.2, 0) is 4.79 Å².